The van der Waals surface area contributed by atoms with Gasteiger partial charge in [0.2, 0.25) is 0 Å². The lowest BCUT2D eigenvalue weighted by atomic mass is 10.9. The molecule has 14 heavy (non-hydrogen) atoms. The van der Waals surface area contributed by atoms with Gasteiger partial charge in [-0.25, -0.2) is 4.79 Å². The molecule has 0 heterocycles. The molecule has 0 aliphatic rings. The summed E-state index contributed by atoms with van der Waals surface area (Å²) in [6.45, 7) is 1.24. The molecule has 0 unspecified atom stereocenters. The van der Waals surface area contributed by atoms with Gasteiger partial charge in [-0.15, -0.1) is 4.28 Å². The molecule has 0 spiro atoms. The quantitative estimate of drug-likeness (QED) is 0.571. The fourth-order valence-electron chi connectivity index (χ4n) is 0.297. The Bertz CT molecular complexity index is 297. The molecule has 0 radical (unpaired) electrons. The zero-order valence-corrected chi connectivity index (χ0v) is 7.61. The van der Waals surface area contributed by atoms with Crippen molar-refractivity contribution in [1.82, 2.24) is 5.48 Å². The Morgan fingerprint density at radius 2 is 1.93 bits per heavy atom. The van der Waals surface area contributed by atoms with E-state index in [1.165, 1.54) is 6.92 Å². The molecule has 84 valence electrons. The Hall–Kier alpha value is -1.03. The number of rotatable bonds is 3. The van der Waals surface area contributed by atoms with Crippen molar-refractivity contribution in [3.05, 3.63) is 0 Å². The number of carbonyl (C=O) groups excluding carboxylic acids is 1. The fourth-order valence-corrected chi connectivity index (χ4v) is 0.569. The van der Waals surface area contributed by atoms with E-state index in [4.69, 9.17) is 0 Å². The third-order valence-corrected chi connectivity index (χ3v) is 1.66. The van der Waals surface area contributed by atoms with Crippen LogP contribution in [0.5, 0.6) is 0 Å². The molecule has 1 amide bonds. The summed E-state index contributed by atoms with van der Waals surface area (Å²) in [4.78, 5) is 10.3. The Kier molecular flexibility index (Phi) is 4.13. The summed E-state index contributed by atoms with van der Waals surface area (Å²) in [6, 6.07) is 0. The van der Waals surface area contributed by atoms with Crippen molar-refractivity contribution in [3.8, 4) is 0 Å². The molecule has 0 fully saturated rings. The van der Waals surface area contributed by atoms with Crippen molar-refractivity contribution in [2.75, 3.05) is 6.61 Å². The fraction of sp³-hybridized carbons (Fsp3) is 0.750. The smallest absolute Gasteiger partial charge is 0.448 e. The molecule has 0 aromatic rings. The molecule has 0 aromatic heterocycles. The first-order valence-corrected chi connectivity index (χ1v) is 4.54. The van der Waals surface area contributed by atoms with Crippen molar-refractivity contribution in [2.45, 2.75) is 12.4 Å². The molecule has 0 saturated carbocycles. The maximum Gasteiger partial charge on any atom is 0.525 e. The van der Waals surface area contributed by atoms with Gasteiger partial charge in [-0.1, -0.05) is 0 Å². The second-order valence-corrected chi connectivity index (χ2v) is 3.34. The highest BCUT2D eigenvalue weighted by Gasteiger charge is 2.48. The Morgan fingerprint density at radius 3 is 2.29 bits per heavy atom. The van der Waals surface area contributed by atoms with Crippen LogP contribution in [0.1, 0.15) is 6.92 Å². The largest absolute Gasteiger partial charge is 0.525 e. The van der Waals surface area contributed by atoms with Crippen LogP contribution in [0.3, 0.4) is 0 Å². The Morgan fingerprint density at radius 1 is 1.43 bits per heavy atom. The molecule has 0 aliphatic heterocycles. The van der Waals surface area contributed by atoms with E-state index < -0.39 is 21.7 Å². The summed E-state index contributed by atoms with van der Waals surface area (Å²) in [5.74, 6) is 0. The van der Waals surface area contributed by atoms with Crippen LogP contribution < -0.4 is 5.48 Å². The molecule has 0 atom stereocenters. The zero-order valence-electron chi connectivity index (χ0n) is 6.79. The lowest BCUT2D eigenvalue weighted by Crippen LogP contribution is -2.34. The topological polar surface area (TPSA) is 81.7 Å². The van der Waals surface area contributed by atoms with Gasteiger partial charge in [-0.2, -0.15) is 27.1 Å². The van der Waals surface area contributed by atoms with Crippen molar-refractivity contribution in [3.63, 3.8) is 0 Å². The first-order valence-electron chi connectivity index (χ1n) is 3.13. The van der Waals surface area contributed by atoms with Gasteiger partial charge >= 0.3 is 21.7 Å². The van der Waals surface area contributed by atoms with E-state index in [2.05, 4.69) is 9.02 Å². The summed E-state index contributed by atoms with van der Waals surface area (Å²) in [5.41, 5.74) is -4.63. The van der Waals surface area contributed by atoms with Gasteiger partial charge in [0.15, 0.2) is 0 Å². The molecule has 0 rings (SSSR count). The van der Waals surface area contributed by atoms with Crippen LogP contribution in [0.25, 0.3) is 0 Å². The summed E-state index contributed by atoms with van der Waals surface area (Å²) < 4.78 is 62.2. The number of alkyl halides is 3. The summed E-state index contributed by atoms with van der Waals surface area (Å²) in [6.07, 6.45) is -1.43. The predicted octanol–water partition coefficient (Wildman–Crippen LogP) is 0.514. The molecule has 0 saturated heterocycles. The van der Waals surface area contributed by atoms with Gasteiger partial charge < -0.3 is 4.74 Å². The van der Waals surface area contributed by atoms with Crippen LogP contribution in [0, 0.1) is 0 Å². The van der Waals surface area contributed by atoms with E-state index in [-0.39, 0.29) is 6.61 Å². The van der Waals surface area contributed by atoms with Crippen LogP contribution in [0.15, 0.2) is 0 Å². The maximum atomic E-state index is 11.6. The van der Waals surface area contributed by atoms with E-state index in [9.17, 15) is 26.4 Å². The lowest BCUT2D eigenvalue weighted by Gasteiger charge is -2.07. The number of carbonyl (C=O) groups is 1. The van der Waals surface area contributed by atoms with Crippen LogP contribution >= 0.6 is 0 Å². The second-order valence-electron chi connectivity index (χ2n) is 1.81. The lowest BCUT2D eigenvalue weighted by molar-refractivity contribution is -0.0576. The number of amides is 1. The van der Waals surface area contributed by atoms with Crippen molar-refractivity contribution in [2.24, 2.45) is 0 Å². The first-order chi connectivity index (χ1) is 6.20. The van der Waals surface area contributed by atoms with Crippen LogP contribution in [0.4, 0.5) is 18.0 Å². The molecule has 1 N–H and O–H groups in total. The van der Waals surface area contributed by atoms with Crippen molar-refractivity contribution >= 4 is 16.2 Å². The van der Waals surface area contributed by atoms with E-state index in [1.807, 2.05) is 0 Å². The molecule has 10 heteroatoms. The molecular weight excluding hydrogens is 231 g/mol. The summed E-state index contributed by atoms with van der Waals surface area (Å²) in [5, 5.41) is 0. The summed E-state index contributed by atoms with van der Waals surface area (Å²) >= 11 is 0. The highest BCUT2D eigenvalue weighted by molar-refractivity contribution is 7.87. The second kappa shape index (κ2) is 4.46. The SMILES string of the molecule is CCOC(=O)NOS(=O)(=O)C(F)(F)F. The third kappa shape index (κ3) is 3.79. The van der Waals surface area contributed by atoms with E-state index in [0.717, 1.165) is 5.48 Å². The average molecular weight is 237 g/mol. The number of hydroxylamine groups is 1. The van der Waals surface area contributed by atoms with Gasteiger partial charge in [-0.05, 0) is 6.92 Å². The predicted molar refractivity (Wildman–Crippen MR) is 36.2 cm³/mol. The highest BCUT2D eigenvalue weighted by atomic mass is 32.2. The molecule has 0 bridgehead atoms. The standard InChI is InChI=1S/C4H6F3NO5S/c1-2-12-3(9)8-13-14(10,11)4(5,6)7/h2H2,1H3,(H,8,9). The normalized spacial score (nSPS) is 12.3. The number of halogens is 3. The van der Waals surface area contributed by atoms with Crippen LogP contribution in [-0.4, -0.2) is 26.6 Å². The molecule has 6 nitrogen and oxygen atoms in total. The van der Waals surface area contributed by atoms with Gasteiger partial charge in [0.1, 0.15) is 0 Å². The first kappa shape index (κ1) is 13.0. The van der Waals surface area contributed by atoms with E-state index >= 15 is 0 Å². The Balaban J connectivity index is 4.22. The van der Waals surface area contributed by atoms with Crippen molar-refractivity contribution < 1.29 is 35.4 Å². The van der Waals surface area contributed by atoms with E-state index in [1.54, 1.807) is 0 Å². The minimum Gasteiger partial charge on any atom is -0.448 e. The van der Waals surface area contributed by atoms with Gasteiger partial charge in [0, 0.05) is 0 Å². The molecule has 0 aliphatic carbocycles. The zero-order chi connectivity index (χ0) is 11.4. The number of nitrogens with one attached hydrogen (secondary N) is 1. The highest BCUT2D eigenvalue weighted by Crippen LogP contribution is 2.23. The molecule has 0 aromatic carbocycles. The number of hydrogen-bond acceptors (Lipinski definition) is 5. The molecular formula is C4H6F3NO5S. The van der Waals surface area contributed by atoms with Crippen LogP contribution in [-0.2, 0) is 19.1 Å². The van der Waals surface area contributed by atoms with Crippen molar-refractivity contribution in [1.29, 1.82) is 0 Å². The minimum absolute atomic E-state index is 0.138. The van der Waals surface area contributed by atoms with Gasteiger partial charge in [0.25, 0.3) is 0 Å². The monoisotopic (exact) mass is 237 g/mol. The summed E-state index contributed by atoms with van der Waals surface area (Å²) in [7, 11) is -5.82. The van der Waals surface area contributed by atoms with Crippen LogP contribution in [0.2, 0.25) is 0 Å². The average Bonchev–Trinajstić information content (AvgIpc) is 1.99. The van der Waals surface area contributed by atoms with Gasteiger partial charge in [-0.3, -0.25) is 0 Å². The van der Waals surface area contributed by atoms with E-state index in [0.29, 0.717) is 0 Å². The maximum absolute atomic E-state index is 11.6. The van der Waals surface area contributed by atoms with Gasteiger partial charge in [0.05, 0.1) is 6.61 Å². The number of hydrogen-bond donors (Lipinski definition) is 1. The third-order valence-electron chi connectivity index (χ3n) is 0.794. The number of ether oxygens (including phenoxy) is 1. The Labute approximate surface area is 77.1 Å². The minimum atomic E-state index is -5.82.